The number of carbonyl (C=O) groups is 1. The summed E-state index contributed by atoms with van der Waals surface area (Å²) < 4.78 is 5.23. The lowest BCUT2D eigenvalue weighted by Gasteiger charge is -2.01. The van der Waals surface area contributed by atoms with E-state index in [2.05, 4.69) is 5.16 Å². The fraction of sp³-hybridized carbons (Fsp3) is 0.231. The number of hydrogen-bond acceptors (Lipinski definition) is 3. The van der Waals surface area contributed by atoms with Gasteiger partial charge in [0.2, 0.25) is 0 Å². The molecule has 1 aromatic carbocycles. The van der Waals surface area contributed by atoms with E-state index in [0.29, 0.717) is 12.8 Å². The van der Waals surface area contributed by atoms with Crippen LogP contribution < -0.4 is 0 Å². The van der Waals surface area contributed by atoms with Crippen molar-refractivity contribution < 1.29 is 14.4 Å². The Hall–Kier alpha value is -2.10. The molecule has 1 heterocycles. The first-order valence-corrected chi connectivity index (χ1v) is 5.51. The van der Waals surface area contributed by atoms with Gasteiger partial charge in [0.25, 0.3) is 0 Å². The minimum atomic E-state index is -0.768. The van der Waals surface area contributed by atoms with Crippen LogP contribution in [0.2, 0.25) is 0 Å². The van der Waals surface area contributed by atoms with Crippen molar-refractivity contribution >= 4 is 5.97 Å². The summed E-state index contributed by atoms with van der Waals surface area (Å²) in [5.41, 5.74) is 2.71. The Morgan fingerprint density at radius 2 is 2.06 bits per heavy atom. The Balaban J connectivity index is 1.99. The molecule has 2 aromatic rings. The number of hydrogen-bond donors (Lipinski definition) is 1. The first-order valence-electron chi connectivity index (χ1n) is 5.51. The zero-order chi connectivity index (χ0) is 11.8. The molecule has 0 aliphatic heterocycles. The molecule has 0 spiro atoms. The van der Waals surface area contributed by atoms with Crippen molar-refractivity contribution in [1.82, 2.24) is 5.16 Å². The molecule has 0 saturated heterocycles. The lowest BCUT2D eigenvalue weighted by atomic mass is 10.0. The number of nitrogens with zero attached hydrogens (tertiary/aromatic N) is 1. The monoisotopic (exact) mass is 229 g/mol. The number of carboxylic acids is 1. The van der Waals surface area contributed by atoms with Crippen LogP contribution in [0, 0.1) is 5.92 Å². The Kier molecular flexibility index (Phi) is 2.21. The molecule has 1 unspecified atom stereocenters. The van der Waals surface area contributed by atoms with Crippen LogP contribution in [0.1, 0.15) is 11.3 Å². The van der Waals surface area contributed by atoms with Crippen LogP contribution in [0.4, 0.5) is 0 Å². The standard InChI is InChI=1S/C13H11NO3/c15-13(16)9-6-10-11(7-9)17-14-12(10)8-4-2-1-3-5-8/h1-5,9H,6-7H2,(H,15,16). The summed E-state index contributed by atoms with van der Waals surface area (Å²) in [6.45, 7) is 0. The van der Waals surface area contributed by atoms with Crippen LogP contribution in [-0.4, -0.2) is 16.2 Å². The molecule has 1 atom stereocenters. The van der Waals surface area contributed by atoms with Crippen LogP contribution in [0.15, 0.2) is 34.9 Å². The second kappa shape index (κ2) is 3.73. The van der Waals surface area contributed by atoms with Crippen molar-refractivity contribution in [2.24, 2.45) is 5.92 Å². The molecule has 0 radical (unpaired) electrons. The third-order valence-electron chi connectivity index (χ3n) is 3.15. The third kappa shape index (κ3) is 1.62. The summed E-state index contributed by atoms with van der Waals surface area (Å²) in [5.74, 6) is -0.416. The van der Waals surface area contributed by atoms with Gasteiger partial charge < -0.3 is 9.63 Å². The Morgan fingerprint density at radius 1 is 1.29 bits per heavy atom. The van der Waals surface area contributed by atoms with E-state index in [1.807, 2.05) is 30.3 Å². The van der Waals surface area contributed by atoms with Gasteiger partial charge in [0, 0.05) is 17.5 Å². The molecule has 4 nitrogen and oxygen atoms in total. The van der Waals surface area contributed by atoms with E-state index >= 15 is 0 Å². The highest BCUT2D eigenvalue weighted by molar-refractivity contribution is 5.74. The molecule has 1 N–H and O–H groups in total. The van der Waals surface area contributed by atoms with Gasteiger partial charge in [0.05, 0.1) is 5.92 Å². The van der Waals surface area contributed by atoms with Crippen LogP contribution in [0.3, 0.4) is 0 Å². The summed E-state index contributed by atoms with van der Waals surface area (Å²) >= 11 is 0. The molecule has 3 rings (SSSR count). The van der Waals surface area contributed by atoms with Gasteiger partial charge in [0.1, 0.15) is 11.5 Å². The van der Waals surface area contributed by atoms with Crippen LogP contribution in [0.5, 0.6) is 0 Å². The zero-order valence-corrected chi connectivity index (χ0v) is 9.09. The summed E-state index contributed by atoms with van der Waals surface area (Å²) in [4.78, 5) is 11.0. The summed E-state index contributed by atoms with van der Waals surface area (Å²) in [6.07, 6.45) is 0.961. The predicted molar refractivity (Wildman–Crippen MR) is 60.5 cm³/mol. The van der Waals surface area contributed by atoms with Crippen LogP contribution >= 0.6 is 0 Å². The number of fused-ring (bicyclic) bond motifs is 1. The minimum Gasteiger partial charge on any atom is -0.481 e. The molecule has 1 aliphatic carbocycles. The maximum atomic E-state index is 11.0. The van der Waals surface area contributed by atoms with E-state index in [4.69, 9.17) is 9.63 Å². The van der Waals surface area contributed by atoms with Crippen molar-refractivity contribution in [3.63, 3.8) is 0 Å². The van der Waals surface area contributed by atoms with Crippen LogP contribution in [-0.2, 0) is 17.6 Å². The van der Waals surface area contributed by atoms with Gasteiger partial charge in [-0.15, -0.1) is 0 Å². The number of benzene rings is 1. The molecule has 86 valence electrons. The largest absolute Gasteiger partial charge is 0.481 e. The summed E-state index contributed by atoms with van der Waals surface area (Å²) in [7, 11) is 0. The number of carboxylic acid groups (broad SMARTS) is 1. The molecular formula is C13H11NO3. The van der Waals surface area contributed by atoms with Gasteiger partial charge in [-0.2, -0.15) is 0 Å². The van der Waals surface area contributed by atoms with E-state index in [1.165, 1.54) is 0 Å². The maximum Gasteiger partial charge on any atom is 0.307 e. The fourth-order valence-electron chi connectivity index (χ4n) is 2.25. The topological polar surface area (TPSA) is 63.3 Å². The van der Waals surface area contributed by atoms with Gasteiger partial charge in [-0.25, -0.2) is 0 Å². The van der Waals surface area contributed by atoms with Crippen molar-refractivity contribution in [2.75, 3.05) is 0 Å². The second-order valence-electron chi connectivity index (χ2n) is 4.24. The molecule has 0 saturated carbocycles. The predicted octanol–water partition coefficient (Wildman–Crippen LogP) is 2.14. The van der Waals surface area contributed by atoms with Crippen molar-refractivity contribution in [1.29, 1.82) is 0 Å². The highest BCUT2D eigenvalue weighted by atomic mass is 16.5. The lowest BCUT2D eigenvalue weighted by molar-refractivity contribution is -0.141. The minimum absolute atomic E-state index is 0.366. The van der Waals surface area contributed by atoms with Gasteiger partial charge >= 0.3 is 5.97 Å². The van der Waals surface area contributed by atoms with E-state index < -0.39 is 5.97 Å². The van der Waals surface area contributed by atoms with E-state index in [0.717, 1.165) is 22.6 Å². The molecule has 0 amide bonds. The normalized spacial score (nSPS) is 18.0. The molecule has 4 heteroatoms. The first kappa shape index (κ1) is 10.1. The molecule has 1 aromatic heterocycles. The third-order valence-corrected chi connectivity index (χ3v) is 3.15. The smallest absolute Gasteiger partial charge is 0.307 e. The van der Waals surface area contributed by atoms with Crippen molar-refractivity contribution in [3.05, 3.63) is 41.7 Å². The van der Waals surface area contributed by atoms with E-state index in [9.17, 15) is 4.79 Å². The maximum absolute atomic E-state index is 11.0. The Labute approximate surface area is 97.9 Å². The molecule has 1 aliphatic rings. The average Bonchev–Trinajstić information content (AvgIpc) is 2.89. The first-order chi connectivity index (χ1) is 8.25. The van der Waals surface area contributed by atoms with Crippen molar-refractivity contribution in [3.8, 4) is 11.3 Å². The molecular weight excluding hydrogens is 218 g/mol. The highest BCUT2D eigenvalue weighted by Gasteiger charge is 2.33. The molecule has 0 bridgehead atoms. The molecule has 17 heavy (non-hydrogen) atoms. The number of aliphatic carboxylic acids is 1. The van der Waals surface area contributed by atoms with Gasteiger partial charge in [0.15, 0.2) is 0 Å². The van der Waals surface area contributed by atoms with Gasteiger partial charge in [-0.1, -0.05) is 35.5 Å². The fourth-order valence-corrected chi connectivity index (χ4v) is 2.25. The van der Waals surface area contributed by atoms with E-state index in [-0.39, 0.29) is 5.92 Å². The van der Waals surface area contributed by atoms with Crippen molar-refractivity contribution in [2.45, 2.75) is 12.8 Å². The Bertz CT molecular complexity index is 559. The SMILES string of the molecule is O=C(O)C1Cc2onc(-c3ccccc3)c2C1. The zero-order valence-electron chi connectivity index (χ0n) is 9.09. The summed E-state index contributed by atoms with van der Waals surface area (Å²) in [6, 6.07) is 9.70. The quantitative estimate of drug-likeness (QED) is 0.856. The number of rotatable bonds is 2. The second-order valence-corrected chi connectivity index (χ2v) is 4.24. The van der Waals surface area contributed by atoms with Crippen LogP contribution in [0.25, 0.3) is 11.3 Å². The van der Waals surface area contributed by atoms with E-state index in [1.54, 1.807) is 0 Å². The Morgan fingerprint density at radius 3 is 2.76 bits per heavy atom. The highest BCUT2D eigenvalue weighted by Crippen LogP contribution is 2.34. The lowest BCUT2D eigenvalue weighted by Crippen LogP contribution is -2.13. The average molecular weight is 229 g/mol. The van der Waals surface area contributed by atoms with Gasteiger partial charge in [-0.3, -0.25) is 4.79 Å². The molecule has 0 fully saturated rings. The summed E-state index contributed by atoms with van der Waals surface area (Å²) in [5, 5.41) is 13.0. The van der Waals surface area contributed by atoms with Gasteiger partial charge in [-0.05, 0) is 6.42 Å². The number of aromatic nitrogens is 1.